The highest BCUT2D eigenvalue weighted by Gasteiger charge is 2.36. The number of quaternary nitrogens is 1. The van der Waals surface area contributed by atoms with Crippen molar-refractivity contribution < 1.29 is 19.1 Å². The lowest BCUT2D eigenvalue weighted by atomic mass is 10.1. The van der Waals surface area contributed by atoms with Crippen LogP contribution in [0.4, 0.5) is 10.5 Å². The zero-order valence-corrected chi connectivity index (χ0v) is 18.1. The summed E-state index contributed by atoms with van der Waals surface area (Å²) in [4.78, 5) is 16.6. The first-order valence-electron chi connectivity index (χ1n) is 10.8. The molecule has 2 amide bonds. The number of aliphatic hydroxyl groups is 1. The molecule has 162 valence electrons. The number of ether oxygens (including phenoxy) is 1. The van der Waals surface area contributed by atoms with Gasteiger partial charge in [0.2, 0.25) is 0 Å². The fraction of sp³-hybridized carbons (Fsp3) is 0.458. The van der Waals surface area contributed by atoms with E-state index in [9.17, 15) is 9.90 Å². The molecule has 1 saturated heterocycles. The van der Waals surface area contributed by atoms with E-state index in [0.29, 0.717) is 19.6 Å². The molecule has 1 heterocycles. The van der Waals surface area contributed by atoms with E-state index in [1.54, 1.807) is 4.90 Å². The molecular weight excluding hydrogens is 378 g/mol. The summed E-state index contributed by atoms with van der Waals surface area (Å²) in [6, 6.07) is 19.4. The van der Waals surface area contributed by atoms with Crippen molar-refractivity contribution in [3.05, 3.63) is 60.7 Å². The third kappa shape index (κ3) is 5.74. The molecule has 0 radical (unpaired) electrons. The van der Waals surface area contributed by atoms with E-state index in [2.05, 4.69) is 6.92 Å². The molecule has 1 N–H and O–H groups in total. The molecule has 0 saturated carbocycles. The summed E-state index contributed by atoms with van der Waals surface area (Å²) in [6.45, 7) is 7.20. The lowest BCUT2D eigenvalue weighted by molar-refractivity contribution is -0.934. The number of anilines is 1. The zero-order chi connectivity index (χ0) is 21.4. The van der Waals surface area contributed by atoms with E-state index in [1.807, 2.05) is 72.6 Å². The Bertz CT molecular complexity index is 777. The van der Waals surface area contributed by atoms with Gasteiger partial charge < -0.3 is 19.2 Å². The number of nitrogens with zero attached hydrogens (tertiary/aromatic N) is 3. The van der Waals surface area contributed by atoms with Gasteiger partial charge in [0, 0.05) is 12.7 Å². The predicted molar refractivity (Wildman–Crippen MR) is 120 cm³/mol. The van der Waals surface area contributed by atoms with Crippen molar-refractivity contribution in [3.63, 3.8) is 0 Å². The number of hydrogen-bond donors (Lipinski definition) is 1. The molecule has 1 fully saturated rings. The van der Waals surface area contributed by atoms with E-state index in [0.717, 1.165) is 42.0 Å². The van der Waals surface area contributed by atoms with Crippen LogP contribution in [0.3, 0.4) is 0 Å². The van der Waals surface area contributed by atoms with Crippen molar-refractivity contribution in [2.75, 3.05) is 57.8 Å². The molecule has 1 atom stereocenters. The smallest absolute Gasteiger partial charge is 0.324 e. The third-order valence-electron chi connectivity index (χ3n) is 5.87. The molecule has 2 aromatic rings. The minimum Gasteiger partial charge on any atom is -0.491 e. The molecule has 2 aromatic carbocycles. The predicted octanol–water partition coefficient (Wildman–Crippen LogP) is 3.23. The third-order valence-corrected chi connectivity index (χ3v) is 5.87. The number of hydrogen-bond acceptors (Lipinski definition) is 3. The second-order valence-electron chi connectivity index (χ2n) is 8.14. The molecule has 1 aliphatic rings. The van der Waals surface area contributed by atoms with E-state index in [-0.39, 0.29) is 12.6 Å². The number of benzene rings is 2. The van der Waals surface area contributed by atoms with Crippen LogP contribution in [0.2, 0.25) is 0 Å². The number of aliphatic hydroxyl groups excluding tert-OH is 1. The van der Waals surface area contributed by atoms with Crippen LogP contribution < -0.4 is 9.64 Å². The second-order valence-corrected chi connectivity index (χ2v) is 8.14. The maximum Gasteiger partial charge on any atom is 0.324 e. The van der Waals surface area contributed by atoms with Crippen molar-refractivity contribution in [2.24, 2.45) is 0 Å². The molecule has 0 bridgehead atoms. The highest BCUT2D eigenvalue weighted by atomic mass is 16.5. The second kappa shape index (κ2) is 10.5. The van der Waals surface area contributed by atoms with Gasteiger partial charge in [0.25, 0.3) is 0 Å². The summed E-state index contributed by atoms with van der Waals surface area (Å²) in [5.74, 6) is 0.776. The van der Waals surface area contributed by atoms with Crippen molar-refractivity contribution in [1.29, 1.82) is 0 Å². The Labute approximate surface area is 179 Å². The number of carbonyl (C=O) groups excluding carboxylic acids is 1. The van der Waals surface area contributed by atoms with Gasteiger partial charge in [-0.05, 0) is 30.7 Å². The maximum atomic E-state index is 12.9. The summed E-state index contributed by atoms with van der Waals surface area (Å²) < 4.78 is 6.57. The molecule has 0 aromatic heterocycles. The monoisotopic (exact) mass is 412 g/mol. The minimum absolute atomic E-state index is 0.0310. The van der Waals surface area contributed by atoms with Gasteiger partial charge in [0.05, 0.1) is 32.7 Å². The summed E-state index contributed by atoms with van der Waals surface area (Å²) in [5.41, 5.74) is 0.899. The van der Waals surface area contributed by atoms with Gasteiger partial charge in [-0.3, -0.25) is 4.90 Å². The lowest BCUT2D eigenvalue weighted by Crippen LogP contribution is -2.64. The van der Waals surface area contributed by atoms with Crippen LogP contribution in [0.25, 0.3) is 0 Å². The average Bonchev–Trinajstić information content (AvgIpc) is 2.79. The number of carbonyl (C=O) groups is 1. The van der Waals surface area contributed by atoms with Crippen molar-refractivity contribution in [1.82, 2.24) is 4.90 Å². The van der Waals surface area contributed by atoms with Crippen molar-refractivity contribution >= 4 is 11.7 Å². The Morgan fingerprint density at radius 1 is 1.10 bits per heavy atom. The first-order valence-corrected chi connectivity index (χ1v) is 10.8. The minimum atomic E-state index is -0.536. The largest absolute Gasteiger partial charge is 0.491 e. The summed E-state index contributed by atoms with van der Waals surface area (Å²) >= 11 is 0. The van der Waals surface area contributed by atoms with E-state index < -0.39 is 6.10 Å². The van der Waals surface area contributed by atoms with Crippen LogP contribution >= 0.6 is 0 Å². The van der Waals surface area contributed by atoms with Gasteiger partial charge in [0.1, 0.15) is 25.0 Å². The molecule has 6 nitrogen and oxygen atoms in total. The Kier molecular flexibility index (Phi) is 7.71. The number of urea groups is 1. The van der Waals surface area contributed by atoms with Gasteiger partial charge in [-0.15, -0.1) is 0 Å². The molecule has 1 unspecified atom stereocenters. The van der Waals surface area contributed by atoms with Crippen LogP contribution in [-0.4, -0.2) is 79.5 Å². The van der Waals surface area contributed by atoms with Crippen molar-refractivity contribution in [2.45, 2.75) is 19.4 Å². The summed E-state index contributed by atoms with van der Waals surface area (Å²) in [7, 11) is 1.82. The highest BCUT2D eigenvalue weighted by molar-refractivity contribution is 5.91. The Balaban J connectivity index is 1.54. The SMILES string of the molecule is CCC[N+]1(CC(O)COc2ccccc2)CCN(C(=O)N(C)c2ccccc2)CC1. The quantitative estimate of drug-likeness (QED) is 0.678. The Morgan fingerprint density at radius 3 is 2.30 bits per heavy atom. The highest BCUT2D eigenvalue weighted by Crippen LogP contribution is 2.19. The maximum absolute atomic E-state index is 12.9. The van der Waals surface area contributed by atoms with E-state index in [1.165, 1.54) is 0 Å². The molecular formula is C24H34N3O3+. The fourth-order valence-corrected chi connectivity index (χ4v) is 4.24. The average molecular weight is 413 g/mol. The molecule has 3 rings (SSSR count). The molecule has 0 spiro atoms. The summed E-state index contributed by atoms with van der Waals surface area (Å²) in [6.07, 6.45) is 0.510. The van der Waals surface area contributed by atoms with Crippen molar-refractivity contribution in [3.8, 4) is 5.75 Å². The van der Waals surface area contributed by atoms with Crippen LogP contribution in [0.5, 0.6) is 5.75 Å². The van der Waals surface area contributed by atoms with Crippen LogP contribution in [0.15, 0.2) is 60.7 Å². The van der Waals surface area contributed by atoms with Gasteiger partial charge >= 0.3 is 6.03 Å². The number of piperazine rings is 1. The van der Waals surface area contributed by atoms with Gasteiger partial charge in [-0.1, -0.05) is 43.3 Å². The fourth-order valence-electron chi connectivity index (χ4n) is 4.24. The van der Waals surface area contributed by atoms with Gasteiger partial charge in [-0.25, -0.2) is 4.79 Å². The van der Waals surface area contributed by atoms with Crippen LogP contribution in [0, 0.1) is 0 Å². The van der Waals surface area contributed by atoms with Crippen LogP contribution in [0.1, 0.15) is 13.3 Å². The molecule has 6 heteroatoms. The van der Waals surface area contributed by atoms with Gasteiger partial charge in [0.15, 0.2) is 0 Å². The lowest BCUT2D eigenvalue weighted by Gasteiger charge is -2.46. The first-order chi connectivity index (χ1) is 14.5. The topological polar surface area (TPSA) is 53.0 Å². The summed E-state index contributed by atoms with van der Waals surface area (Å²) in [5, 5.41) is 10.6. The van der Waals surface area contributed by atoms with Gasteiger partial charge in [-0.2, -0.15) is 0 Å². The first kappa shape index (κ1) is 22.1. The number of rotatable bonds is 8. The molecule has 1 aliphatic heterocycles. The number of amides is 2. The van der Waals surface area contributed by atoms with E-state index >= 15 is 0 Å². The molecule has 30 heavy (non-hydrogen) atoms. The Morgan fingerprint density at radius 2 is 1.70 bits per heavy atom. The number of para-hydroxylation sites is 2. The van der Waals surface area contributed by atoms with Crippen LogP contribution in [-0.2, 0) is 0 Å². The zero-order valence-electron chi connectivity index (χ0n) is 18.1. The normalized spacial score (nSPS) is 16.7. The van der Waals surface area contributed by atoms with E-state index in [4.69, 9.17) is 4.74 Å². The molecule has 0 aliphatic carbocycles. The standard InChI is InChI=1S/C24H34N3O3/c1-3-16-27(19-22(28)20-30-23-12-8-5-9-13-23)17-14-26(15-18-27)24(29)25(2)21-10-6-4-7-11-21/h4-13,22,28H,3,14-20H2,1-2H3/q+1. The Hall–Kier alpha value is -2.57.